The van der Waals surface area contributed by atoms with E-state index in [0.717, 1.165) is 5.56 Å². The highest BCUT2D eigenvalue weighted by Gasteiger charge is 2.49. The summed E-state index contributed by atoms with van der Waals surface area (Å²) < 4.78 is 31.3. The fourth-order valence-corrected chi connectivity index (χ4v) is 3.28. The van der Waals surface area contributed by atoms with Crippen molar-refractivity contribution >= 4 is 5.78 Å². The van der Waals surface area contributed by atoms with Crippen LogP contribution in [0, 0.1) is 5.92 Å². The van der Waals surface area contributed by atoms with Crippen LogP contribution >= 0.6 is 0 Å². The molecule has 1 fully saturated rings. The first-order chi connectivity index (χ1) is 13.4. The Balaban J connectivity index is 2.29. The van der Waals surface area contributed by atoms with Gasteiger partial charge in [-0.25, -0.2) is 0 Å². The van der Waals surface area contributed by atoms with Gasteiger partial charge in [-0.15, -0.1) is 0 Å². The summed E-state index contributed by atoms with van der Waals surface area (Å²) in [5.41, 5.74) is 0.969. The lowest BCUT2D eigenvalue weighted by atomic mass is 9.85. The number of carbonyl (C=O) groups excluding carboxylic acids is 1. The number of benzene rings is 1. The maximum Gasteiger partial charge on any atom is 0.167 e. The molecule has 1 aliphatic heterocycles. The van der Waals surface area contributed by atoms with Crippen LogP contribution in [0.25, 0.3) is 0 Å². The van der Waals surface area contributed by atoms with Crippen molar-refractivity contribution in [1.82, 2.24) is 0 Å². The summed E-state index contributed by atoms with van der Waals surface area (Å²) in [6.45, 7) is 6.75. The number of ketones is 1. The smallest absolute Gasteiger partial charge is 0.167 e. The Hall–Kier alpha value is -1.31. The molecule has 0 saturated carbocycles. The van der Waals surface area contributed by atoms with Gasteiger partial charge in [0.25, 0.3) is 0 Å². The molecule has 0 radical (unpaired) electrons. The average Bonchev–Trinajstić information content (AvgIpc) is 2.66. The maximum absolute atomic E-state index is 12.7. The summed E-state index contributed by atoms with van der Waals surface area (Å²) >= 11 is 0. The van der Waals surface area contributed by atoms with Crippen LogP contribution in [-0.4, -0.2) is 55.3 Å². The van der Waals surface area contributed by atoms with Crippen molar-refractivity contribution < 1.29 is 30.2 Å². The fourth-order valence-electron chi connectivity index (χ4n) is 3.28. The number of hydrogen-bond donors (Lipinski definition) is 1. The molecule has 152 valence electrons. The standard InChI is InChI=1S/C21H32O6/c1-4-10-16(22)18-20(25-6-3)19(17(14-24-5-2)27-21(18)23)26-13-15-11-8-7-9-12-15/h7-9,11-12,17-21,23H,4-6,10,13-14H2,1-3H3/t17-,18-,19-,20-,21?/m1/s1/i21D. The lowest BCUT2D eigenvalue weighted by Crippen LogP contribution is -2.59. The lowest BCUT2D eigenvalue weighted by molar-refractivity contribution is -0.283. The predicted molar refractivity (Wildman–Crippen MR) is 101 cm³/mol. The normalized spacial score (nSPS) is 31.5. The summed E-state index contributed by atoms with van der Waals surface area (Å²) in [6.07, 6.45) is -3.71. The first kappa shape index (κ1) is 20.4. The number of carbonyl (C=O) groups is 1. The quantitative estimate of drug-likeness (QED) is 0.635. The monoisotopic (exact) mass is 381 g/mol. The molecule has 1 aromatic rings. The second-order valence-electron chi connectivity index (χ2n) is 6.53. The van der Waals surface area contributed by atoms with Gasteiger partial charge in [-0.05, 0) is 25.8 Å². The van der Waals surface area contributed by atoms with E-state index in [-0.39, 0.29) is 18.8 Å². The van der Waals surface area contributed by atoms with Crippen molar-refractivity contribution in [3.63, 3.8) is 0 Å². The van der Waals surface area contributed by atoms with E-state index in [0.29, 0.717) is 26.2 Å². The number of rotatable bonds is 11. The van der Waals surface area contributed by atoms with Crippen LogP contribution in [0.3, 0.4) is 0 Å². The third-order valence-corrected chi connectivity index (χ3v) is 4.53. The first-order valence-electron chi connectivity index (χ1n) is 10.2. The molecule has 1 aromatic carbocycles. The van der Waals surface area contributed by atoms with E-state index in [9.17, 15) is 9.90 Å². The number of aliphatic hydroxyl groups is 1. The molecule has 6 nitrogen and oxygen atoms in total. The fraction of sp³-hybridized carbons (Fsp3) is 0.667. The van der Waals surface area contributed by atoms with Gasteiger partial charge in [-0.1, -0.05) is 37.3 Å². The zero-order valence-electron chi connectivity index (χ0n) is 17.4. The van der Waals surface area contributed by atoms with Crippen LogP contribution in [0.4, 0.5) is 0 Å². The second kappa shape index (κ2) is 11.5. The van der Waals surface area contributed by atoms with Gasteiger partial charge in [0.15, 0.2) is 6.27 Å². The molecular weight excluding hydrogens is 348 g/mol. The Morgan fingerprint density at radius 3 is 2.52 bits per heavy atom. The highest BCUT2D eigenvalue weighted by molar-refractivity contribution is 5.82. The van der Waals surface area contributed by atoms with Crippen molar-refractivity contribution in [2.45, 2.75) is 64.8 Å². The minimum absolute atomic E-state index is 0.134. The number of hydrogen-bond acceptors (Lipinski definition) is 6. The Kier molecular flexibility index (Phi) is 8.71. The molecular formula is C21H32O6. The van der Waals surface area contributed by atoms with Crippen LogP contribution in [-0.2, 0) is 30.3 Å². The summed E-state index contributed by atoms with van der Waals surface area (Å²) in [6, 6.07) is 9.65. The molecule has 1 heterocycles. The van der Waals surface area contributed by atoms with Gasteiger partial charge in [0.2, 0.25) is 0 Å². The summed E-state index contributed by atoms with van der Waals surface area (Å²) in [4.78, 5) is 12.7. The van der Waals surface area contributed by atoms with E-state index in [1.165, 1.54) is 0 Å². The van der Waals surface area contributed by atoms with E-state index >= 15 is 0 Å². The predicted octanol–water partition coefficient (Wildman–Crippen LogP) is 2.72. The third kappa shape index (κ3) is 6.09. The van der Waals surface area contributed by atoms with Gasteiger partial charge in [0.1, 0.15) is 24.1 Å². The summed E-state index contributed by atoms with van der Waals surface area (Å²) in [7, 11) is 0. The van der Waals surface area contributed by atoms with Crippen LogP contribution in [0.15, 0.2) is 30.3 Å². The molecule has 1 aliphatic rings. The minimum atomic E-state index is -2.39. The highest BCUT2D eigenvalue weighted by atomic mass is 16.7. The molecule has 0 spiro atoms. The molecule has 6 heteroatoms. The molecule has 0 aliphatic carbocycles. The van der Waals surface area contributed by atoms with E-state index in [2.05, 4.69) is 0 Å². The van der Waals surface area contributed by atoms with E-state index in [4.69, 9.17) is 20.3 Å². The minimum Gasteiger partial charge on any atom is -0.379 e. The second-order valence-corrected chi connectivity index (χ2v) is 6.53. The first-order valence-corrected chi connectivity index (χ1v) is 9.72. The molecule has 1 saturated heterocycles. The van der Waals surface area contributed by atoms with Gasteiger partial charge in [0.05, 0.1) is 20.5 Å². The highest BCUT2D eigenvalue weighted by Crippen LogP contribution is 2.32. The molecule has 27 heavy (non-hydrogen) atoms. The Bertz CT molecular complexity index is 594. The topological polar surface area (TPSA) is 74.2 Å². The van der Waals surface area contributed by atoms with Crippen LogP contribution in [0.1, 0.15) is 40.5 Å². The van der Waals surface area contributed by atoms with E-state index in [1.807, 2.05) is 51.1 Å². The van der Waals surface area contributed by atoms with Crippen LogP contribution in [0.5, 0.6) is 0 Å². The molecule has 1 N–H and O–H groups in total. The number of ether oxygens (including phenoxy) is 4. The average molecular weight is 381 g/mol. The van der Waals surface area contributed by atoms with E-state index < -0.39 is 30.5 Å². The molecule has 5 atom stereocenters. The zero-order chi connectivity index (χ0) is 20.6. The SMILES string of the molecule is [2H]C1(O)O[C@H](COCC)[C@@H](OCc2ccccc2)[C@H](OCC)[C@H]1C(=O)CCC. The Morgan fingerprint density at radius 1 is 1.15 bits per heavy atom. The van der Waals surface area contributed by atoms with Crippen molar-refractivity contribution in [3.05, 3.63) is 35.9 Å². The molecule has 0 bridgehead atoms. The van der Waals surface area contributed by atoms with Gasteiger partial charge >= 0.3 is 0 Å². The zero-order valence-corrected chi connectivity index (χ0v) is 16.4. The van der Waals surface area contributed by atoms with Crippen LogP contribution < -0.4 is 0 Å². The van der Waals surface area contributed by atoms with Gasteiger partial charge in [-0.2, -0.15) is 0 Å². The van der Waals surface area contributed by atoms with Gasteiger partial charge in [-0.3, -0.25) is 4.79 Å². The lowest BCUT2D eigenvalue weighted by Gasteiger charge is -2.44. The molecule has 1 unspecified atom stereocenters. The van der Waals surface area contributed by atoms with Crippen molar-refractivity contribution in [1.29, 1.82) is 0 Å². The van der Waals surface area contributed by atoms with E-state index in [1.54, 1.807) is 0 Å². The Labute approximate surface area is 163 Å². The van der Waals surface area contributed by atoms with Crippen molar-refractivity contribution in [2.75, 3.05) is 19.8 Å². The van der Waals surface area contributed by atoms with Gasteiger partial charge in [0, 0.05) is 19.6 Å². The molecule has 0 aromatic heterocycles. The molecule has 0 amide bonds. The van der Waals surface area contributed by atoms with Crippen molar-refractivity contribution in [3.8, 4) is 0 Å². The molecule has 2 rings (SSSR count). The summed E-state index contributed by atoms with van der Waals surface area (Å²) in [5.74, 6) is -1.41. The van der Waals surface area contributed by atoms with Gasteiger partial charge < -0.3 is 24.1 Å². The Morgan fingerprint density at radius 2 is 1.89 bits per heavy atom. The largest absolute Gasteiger partial charge is 0.379 e. The maximum atomic E-state index is 12.7. The summed E-state index contributed by atoms with van der Waals surface area (Å²) in [5, 5.41) is 10.6. The van der Waals surface area contributed by atoms with Crippen molar-refractivity contribution in [2.24, 2.45) is 5.92 Å². The van der Waals surface area contributed by atoms with Crippen LogP contribution in [0.2, 0.25) is 0 Å². The third-order valence-electron chi connectivity index (χ3n) is 4.53. The number of Topliss-reactive ketones (excluding diaryl/α,β-unsaturated/α-hetero) is 1.